The fourth-order valence-corrected chi connectivity index (χ4v) is 2.78. The summed E-state index contributed by atoms with van der Waals surface area (Å²) in [6.45, 7) is 1.56. The number of benzene rings is 1. The predicted molar refractivity (Wildman–Crippen MR) is 76.7 cm³/mol. The molecule has 1 saturated carbocycles. The monoisotopic (exact) mass is 256 g/mol. The average Bonchev–Trinajstić information content (AvgIpc) is 2.42. The molecule has 0 aliphatic heterocycles. The molecule has 0 radical (unpaired) electrons. The van der Waals surface area contributed by atoms with E-state index in [1.54, 1.807) is 6.92 Å². The number of carbonyl (C=O) groups is 2. The van der Waals surface area contributed by atoms with Gasteiger partial charge in [0, 0.05) is 6.42 Å². The Bertz CT molecular complexity index is 487. The summed E-state index contributed by atoms with van der Waals surface area (Å²) in [6, 6.07) is 9.96. The van der Waals surface area contributed by atoms with E-state index in [0.717, 1.165) is 18.4 Å². The zero-order chi connectivity index (χ0) is 13.7. The highest BCUT2D eigenvalue weighted by Crippen LogP contribution is 2.37. The quantitative estimate of drug-likeness (QED) is 0.768. The summed E-state index contributed by atoms with van der Waals surface area (Å²) in [5.41, 5.74) is 0.355. The topological polar surface area (TPSA) is 34.1 Å². The second-order valence-electron chi connectivity index (χ2n) is 5.29. The van der Waals surface area contributed by atoms with E-state index < -0.39 is 5.41 Å². The van der Waals surface area contributed by atoms with E-state index >= 15 is 0 Å². The molecule has 1 aliphatic rings. The summed E-state index contributed by atoms with van der Waals surface area (Å²) >= 11 is 0. The SMILES string of the molecule is CC(=O)[C@@]1(C/C=C/c2ccccc2)CCCCC1=O. The molecule has 1 aliphatic carbocycles. The Morgan fingerprint density at radius 3 is 2.63 bits per heavy atom. The van der Waals surface area contributed by atoms with Crippen molar-refractivity contribution in [3.63, 3.8) is 0 Å². The van der Waals surface area contributed by atoms with Crippen LogP contribution in [-0.4, -0.2) is 11.6 Å². The van der Waals surface area contributed by atoms with Crippen LogP contribution in [0.3, 0.4) is 0 Å². The second-order valence-corrected chi connectivity index (χ2v) is 5.29. The smallest absolute Gasteiger partial charge is 0.146 e. The van der Waals surface area contributed by atoms with E-state index in [9.17, 15) is 9.59 Å². The molecule has 2 rings (SSSR count). The lowest BCUT2D eigenvalue weighted by molar-refractivity contribution is -0.141. The van der Waals surface area contributed by atoms with Gasteiger partial charge in [-0.05, 0) is 31.7 Å². The zero-order valence-electron chi connectivity index (χ0n) is 11.4. The van der Waals surface area contributed by atoms with Gasteiger partial charge in [-0.3, -0.25) is 9.59 Å². The lowest BCUT2D eigenvalue weighted by Crippen LogP contribution is -2.40. The van der Waals surface area contributed by atoms with Crippen molar-refractivity contribution >= 4 is 17.6 Å². The molecule has 2 heteroatoms. The van der Waals surface area contributed by atoms with E-state index in [-0.39, 0.29) is 11.6 Å². The molecule has 0 N–H and O–H groups in total. The van der Waals surface area contributed by atoms with E-state index in [0.29, 0.717) is 19.3 Å². The maximum absolute atomic E-state index is 12.1. The molecule has 2 nitrogen and oxygen atoms in total. The van der Waals surface area contributed by atoms with Crippen molar-refractivity contribution in [3.05, 3.63) is 42.0 Å². The van der Waals surface area contributed by atoms with Crippen LogP contribution in [-0.2, 0) is 9.59 Å². The van der Waals surface area contributed by atoms with Crippen molar-refractivity contribution in [2.24, 2.45) is 5.41 Å². The molecule has 0 amide bonds. The molecule has 0 saturated heterocycles. The molecule has 0 bridgehead atoms. The van der Waals surface area contributed by atoms with Crippen molar-refractivity contribution in [2.45, 2.75) is 39.0 Å². The fourth-order valence-electron chi connectivity index (χ4n) is 2.78. The lowest BCUT2D eigenvalue weighted by Gasteiger charge is -2.32. The standard InChI is InChI=1S/C17H20O2/c1-14(18)17(12-6-5-11-16(17)19)13-7-10-15-8-3-2-4-9-15/h2-4,7-10H,5-6,11-13H2,1H3/b10-7+/t17-/m0/s1. The number of Topliss-reactive ketones (excluding diaryl/α,β-unsaturated/α-hetero) is 2. The van der Waals surface area contributed by atoms with Crippen LogP contribution in [0.4, 0.5) is 0 Å². The third-order valence-electron chi connectivity index (χ3n) is 4.04. The van der Waals surface area contributed by atoms with Crippen LogP contribution in [0.2, 0.25) is 0 Å². The van der Waals surface area contributed by atoms with E-state index in [4.69, 9.17) is 0 Å². The van der Waals surface area contributed by atoms with Crippen LogP contribution < -0.4 is 0 Å². The average molecular weight is 256 g/mol. The minimum atomic E-state index is -0.746. The summed E-state index contributed by atoms with van der Waals surface area (Å²) in [5, 5.41) is 0. The molecular weight excluding hydrogens is 236 g/mol. The number of allylic oxidation sites excluding steroid dienone is 1. The first-order chi connectivity index (χ1) is 9.15. The maximum Gasteiger partial charge on any atom is 0.146 e. The number of rotatable bonds is 4. The Morgan fingerprint density at radius 2 is 2.00 bits per heavy atom. The number of hydrogen-bond acceptors (Lipinski definition) is 2. The number of hydrogen-bond donors (Lipinski definition) is 0. The molecule has 100 valence electrons. The van der Waals surface area contributed by atoms with Crippen LogP contribution >= 0.6 is 0 Å². The van der Waals surface area contributed by atoms with Gasteiger partial charge in [-0.15, -0.1) is 0 Å². The van der Waals surface area contributed by atoms with Gasteiger partial charge in [0.05, 0.1) is 5.41 Å². The van der Waals surface area contributed by atoms with Crippen LogP contribution in [0.5, 0.6) is 0 Å². The Labute approximate surface area is 114 Å². The molecule has 1 atom stereocenters. The highest BCUT2D eigenvalue weighted by atomic mass is 16.2. The molecule has 1 aromatic rings. The first-order valence-corrected chi connectivity index (χ1v) is 6.91. The fraction of sp³-hybridized carbons (Fsp3) is 0.412. The Kier molecular flexibility index (Phi) is 4.31. The highest BCUT2D eigenvalue weighted by molar-refractivity contribution is 6.06. The minimum Gasteiger partial charge on any atom is -0.299 e. The van der Waals surface area contributed by atoms with E-state index in [1.165, 1.54) is 0 Å². The van der Waals surface area contributed by atoms with Crippen LogP contribution in [0, 0.1) is 5.41 Å². The Balaban J connectivity index is 2.12. The van der Waals surface area contributed by atoms with Crippen molar-refractivity contribution < 1.29 is 9.59 Å². The van der Waals surface area contributed by atoms with Gasteiger partial charge in [0.1, 0.15) is 11.6 Å². The van der Waals surface area contributed by atoms with E-state index in [1.807, 2.05) is 42.5 Å². The summed E-state index contributed by atoms with van der Waals surface area (Å²) in [6.07, 6.45) is 7.67. The van der Waals surface area contributed by atoms with E-state index in [2.05, 4.69) is 0 Å². The highest BCUT2D eigenvalue weighted by Gasteiger charge is 2.42. The molecule has 19 heavy (non-hydrogen) atoms. The summed E-state index contributed by atoms with van der Waals surface area (Å²) < 4.78 is 0. The van der Waals surface area contributed by atoms with Gasteiger partial charge in [-0.2, -0.15) is 0 Å². The van der Waals surface area contributed by atoms with Crippen molar-refractivity contribution in [2.75, 3.05) is 0 Å². The molecule has 0 unspecified atom stereocenters. The number of ketones is 2. The van der Waals surface area contributed by atoms with Crippen LogP contribution in [0.1, 0.15) is 44.6 Å². The van der Waals surface area contributed by atoms with Gasteiger partial charge >= 0.3 is 0 Å². The van der Waals surface area contributed by atoms with Crippen molar-refractivity contribution in [1.82, 2.24) is 0 Å². The third-order valence-corrected chi connectivity index (χ3v) is 4.04. The summed E-state index contributed by atoms with van der Waals surface area (Å²) in [5.74, 6) is 0.152. The Hall–Kier alpha value is -1.70. The van der Waals surface area contributed by atoms with Crippen LogP contribution in [0.25, 0.3) is 6.08 Å². The molecule has 0 aromatic heterocycles. The largest absolute Gasteiger partial charge is 0.299 e. The zero-order valence-corrected chi connectivity index (χ0v) is 11.4. The minimum absolute atomic E-state index is 0.0231. The second kappa shape index (κ2) is 5.96. The lowest BCUT2D eigenvalue weighted by atomic mass is 9.68. The molecule has 1 fully saturated rings. The predicted octanol–water partition coefficient (Wildman–Crippen LogP) is 3.81. The third kappa shape index (κ3) is 3.01. The van der Waals surface area contributed by atoms with Gasteiger partial charge in [-0.1, -0.05) is 48.9 Å². The normalized spacial score (nSPS) is 23.7. The first-order valence-electron chi connectivity index (χ1n) is 6.91. The molecule has 1 aromatic carbocycles. The van der Waals surface area contributed by atoms with Gasteiger partial charge < -0.3 is 0 Å². The van der Waals surface area contributed by atoms with Crippen molar-refractivity contribution in [3.8, 4) is 0 Å². The molecule has 0 heterocycles. The van der Waals surface area contributed by atoms with Gasteiger partial charge in [0.2, 0.25) is 0 Å². The first kappa shape index (κ1) is 13.7. The number of carbonyl (C=O) groups excluding carboxylic acids is 2. The van der Waals surface area contributed by atoms with Crippen LogP contribution in [0.15, 0.2) is 36.4 Å². The van der Waals surface area contributed by atoms with Gasteiger partial charge in [0.25, 0.3) is 0 Å². The summed E-state index contributed by atoms with van der Waals surface area (Å²) in [4.78, 5) is 24.1. The molecule has 0 spiro atoms. The van der Waals surface area contributed by atoms with Crippen molar-refractivity contribution in [1.29, 1.82) is 0 Å². The summed E-state index contributed by atoms with van der Waals surface area (Å²) in [7, 11) is 0. The van der Waals surface area contributed by atoms with Gasteiger partial charge in [0.15, 0.2) is 0 Å². The Morgan fingerprint density at radius 1 is 1.26 bits per heavy atom. The van der Waals surface area contributed by atoms with Gasteiger partial charge in [-0.25, -0.2) is 0 Å². The maximum atomic E-state index is 12.1. The molecular formula is C17H20O2.